The summed E-state index contributed by atoms with van der Waals surface area (Å²) in [6, 6.07) is 7.37. The minimum absolute atomic E-state index is 0.0152. The SMILES string of the molecule is CC(C)(C)c1ccc(OC(=O)CN2C(=O)[C@@H]3[C@@H]4C=C[C@H]([C@@H]5C[C@H]45)[C@H]3C2=O)cc1. The minimum Gasteiger partial charge on any atom is -0.425 e. The third-order valence-electron chi connectivity index (χ3n) is 6.99. The Morgan fingerprint density at radius 2 is 1.54 bits per heavy atom. The molecule has 0 N–H and O–H groups in total. The highest BCUT2D eigenvalue weighted by atomic mass is 16.5. The molecule has 1 saturated heterocycles. The Morgan fingerprint density at radius 3 is 2.04 bits per heavy atom. The molecule has 4 aliphatic carbocycles. The number of allylic oxidation sites excluding steroid dienone is 2. The van der Waals surface area contributed by atoms with Crippen molar-refractivity contribution in [3.05, 3.63) is 42.0 Å². The molecule has 0 aromatic heterocycles. The van der Waals surface area contributed by atoms with Crippen molar-refractivity contribution in [2.24, 2.45) is 35.5 Å². The number of hydrogen-bond donors (Lipinski definition) is 0. The van der Waals surface area contributed by atoms with Gasteiger partial charge in [-0.2, -0.15) is 0 Å². The summed E-state index contributed by atoms with van der Waals surface area (Å²) in [7, 11) is 0. The van der Waals surface area contributed by atoms with Crippen molar-refractivity contribution in [1.29, 1.82) is 0 Å². The topological polar surface area (TPSA) is 63.7 Å². The molecule has 3 fully saturated rings. The van der Waals surface area contributed by atoms with E-state index in [1.165, 1.54) is 0 Å². The van der Waals surface area contributed by atoms with Gasteiger partial charge in [0.2, 0.25) is 11.8 Å². The lowest BCUT2D eigenvalue weighted by Gasteiger charge is -2.37. The third kappa shape index (κ3) is 2.55. The first-order valence-corrected chi connectivity index (χ1v) is 10.1. The number of imide groups is 1. The van der Waals surface area contributed by atoms with Crippen LogP contribution >= 0.6 is 0 Å². The fourth-order valence-corrected chi connectivity index (χ4v) is 5.49. The summed E-state index contributed by atoms with van der Waals surface area (Å²) >= 11 is 0. The van der Waals surface area contributed by atoms with E-state index < -0.39 is 5.97 Å². The molecule has 5 aliphatic rings. The number of amides is 2. The van der Waals surface area contributed by atoms with Crippen LogP contribution in [0.1, 0.15) is 32.8 Å². The minimum atomic E-state index is -0.575. The van der Waals surface area contributed by atoms with Gasteiger partial charge in [0.25, 0.3) is 0 Å². The van der Waals surface area contributed by atoms with Gasteiger partial charge >= 0.3 is 5.97 Å². The molecule has 0 radical (unpaired) electrons. The van der Waals surface area contributed by atoms with Gasteiger partial charge < -0.3 is 4.74 Å². The second-order valence-corrected chi connectivity index (χ2v) is 9.67. The molecule has 2 bridgehead atoms. The highest BCUT2D eigenvalue weighted by molar-refractivity contribution is 6.08. The van der Waals surface area contributed by atoms with Crippen LogP contribution in [0, 0.1) is 35.5 Å². The van der Waals surface area contributed by atoms with Crippen molar-refractivity contribution in [1.82, 2.24) is 4.90 Å². The van der Waals surface area contributed by atoms with Crippen molar-refractivity contribution < 1.29 is 19.1 Å². The van der Waals surface area contributed by atoms with Crippen molar-refractivity contribution in [2.75, 3.05) is 6.54 Å². The zero-order valence-corrected chi connectivity index (χ0v) is 16.4. The van der Waals surface area contributed by atoms with Gasteiger partial charge in [-0.1, -0.05) is 45.1 Å². The number of carbonyl (C=O) groups excluding carboxylic acids is 3. The zero-order chi connectivity index (χ0) is 19.8. The van der Waals surface area contributed by atoms with E-state index >= 15 is 0 Å². The smallest absolute Gasteiger partial charge is 0.331 e. The largest absolute Gasteiger partial charge is 0.425 e. The van der Waals surface area contributed by atoms with Gasteiger partial charge in [-0.15, -0.1) is 0 Å². The standard InChI is InChI=1S/C23H25NO4/c1-23(2,3)12-4-6-13(7-5-12)28-18(25)11-24-21(26)19-14-8-9-15(17-10-16(14)17)20(19)22(24)27/h4-9,14-17,19-20H,10-11H2,1-3H3/t14-,15-,16-,17+,19-,20-/m1/s1. The number of carbonyl (C=O) groups is 3. The van der Waals surface area contributed by atoms with Crippen LogP contribution in [0.5, 0.6) is 5.75 Å². The lowest BCUT2D eigenvalue weighted by atomic mass is 9.63. The zero-order valence-electron chi connectivity index (χ0n) is 16.4. The van der Waals surface area contributed by atoms with E-state index in [1.54, 1.807) is 12.1 Å². The Labute approximate surface area is 164 Å². The molecule has 5 heteroatoms. The first-order chi connectivity index (χ1) is 13.3. The van der Waals surface area contributed by atoms with E-state index in [2.05, 4.69) is 32.9 Å². The van der Waals surface area contributed by atoms with Crippen molar-refractivity contribution in [2.45, 2.75) is 32.6 Å². The van der Waals surface area contributed by atoms with E-state index in [0.717, 1.165) is 16.9 Å². The van der Waals surface area contributed by atoms with Crippen LogP contribution in [0.15, 0.2) is 36.4 Å². The van der Waals surface area contributed by atoms with E-state index in [0.29, 0.717) is 17.6 Å². The summed E-state index contributed by atoms with van der Waals surface area (Å²) in [5.41, 5.74) is 1.16. The Kier molecular flexibility index (Phi) is 3.65. The van der Waals surface area contributed by atoms with Crippen LogP contribution in [0.2, 0.25) is 0 Å². The average Bonchev–Trinajstić information content (AvgIpc) is 3.43. The third-order valence-corrected chi connectivity index (χ3v) is 6.99. The Morgan fingerprint density at radius 1 is 1.00 bits per heavy atom. The number of benzene rings is 1. The normalized spacial score (nSPS) is 35.0. The second kappa shape index (κ2) is 5.79. The van der Waals surface area contributed by atoms with Crippen LogP contribution in [0.4, 0.5) is 0 Å². The van der Waals surface area contributed by atoms with Crippen molar-refractivity contribution in [3.63, 3.8) is 0 Å². The van der Waals surface area contributed by atoms with Gasteiger partial charge in [0.15, 0.2) is 0 Å². The number of hydrogen-bond acceptors (Lipinski definition) is 4. The summed E-state index contributed by atoms with van der Waals surface area (Å²) in [5, 5.41) is 0. The molecular weight excluding hydrogens is 354 g/mol. The van der Waals surface area contributed by atoms with Gasteiger partial charge in [-0.25, -0.2) is 4.79 Å². The fourth-order valence-electron chi connectivity index (χ4n) is 5.49. The summed E-state index contributed by atoms with van der Waals surface area (Å²) in [4.78, 5) is 39.4. The summed E-state index contributed by atoms with van der Waals surface area (Å²) in [6.07, 6.45) is 5.38. The molecule has 1 heterocycles. The molecular formula is C23H25NO4. The van der Waals surface area contributed by atoms with Gasteiger partial charge in [0.05, 0.1) is 11.8 Å². The molecule has 28 heavy (non-hydrogen) atoms. The number of esters is 1. The van der Waals surface area contributed by atoms with Crippen molar-refractivity contribution in [3.8, 4) is 5.75 Å². The first-order valence-electron chi connectivity index (χ1n) is 10.1. The van der Waals surface area contributed by atoms with Crippen LogP contribution in [-0.4, -0.2) is 29.2 Å². The molecule has 0 unspecified atom stereocenters. The number of nitrogens with zero attached hydrogens (tertiary/aromatic N) is 1. The summed E-state index contributed by atoms with van der Waals surface area (Å²) in [5.74, 6) is 0.369. The average molecular weight is 379 g/mol. The molecule has 1 aromatic rings. The molecule has 0 spiro atoms. The maximum atomic E-state index is 12.9. The quantitative estimate of drug-likeness (QED) is 0.351. The highest BCUT2D eigenvalue weighted by Gasteiger charge is 2.67. The molecule has 6 rings (SSSR count). The lowest BCUT2D eigenvalue weighted by Crippen LogP contribution is -2.40. The summed E-state index contributed by atoms with van der Waals surface area (Å²) < 4.78 is 5.39. The Hall–Kier alpha value is -2.43. The van der Waals surface area contributed by atoms with E-state index in [-0.39, 0.29) is 47.4 Å². The predicted octanol–water partition coefficient (Wildman–Crippen LogP) is 2.94. The molecule has 6 atom stereocenters. The number of rotatable bonds is 3. The van der Waals surface area contributed by atoms with E-state index in [9.17, 15) is 14.4 Å². The molecule has 2 amide bonds. The molecule has 1 aromatic carbocycles. The van der Waals surface area contributed by atoms with E-state index in [1.807, 2.05) is 12.1 Å². The first kappa shape index (κ1) is 17.7. The maximum absolute atomic E-state index is 12.9. The van der Waals surface area contributed by atoms with Crippen LogP contribution in [0.25, 0.3) is 0 Å². The van der Waals surface area contributed by atoms with Gasteiger partial charge in [0.1, 0.15) is 12.3 Å². The fraction of sp³-hybridized carbons (Fsp3) is 0.522. The molecule has 5 nitrogen and oxygen atoms in total. The van der Waals surface area contributed by atoms with Crippen LogP contribution < -0.4 is 4.74 Å². The Bertz CT molecular complexity index is 858. The Balaban J connectivity index is 1.27. The van der Waals surface area contributed by atoms with Gasteiger partial charge in [-0.05, 0) is 53.2 Å². The molecule has 1 aliphatic heterocycles. The van der Waals surface area contributed by atoms with Crippen LogP contribution in [-0.2, 0) is 19.8 Å². The van der Waals surface area contributed by atoms with E-state index in [4.69, 9.17) is 4.74 Å². The van der Waals surface area contributed by atoms with Crippen LogP contribution in [0.3, 0.4) is 0 Å². The molecule has 2 saturated carbocycles. The van der Waals surface area contributed by atoms with Gasteiger partial charge in [0, 0.05) is 0 Å². The molecule has 146 valence electrons. The second-order valence-electron chi connectivity index (χ2n) is 9.67. The summed E-state index contributed by atoms with van der Waals surface area (Å²) in [6.45, 7) is 6.04. The van der Waals surface area contributed by atoms with Crippen molar-refractivity contribution >= 4 is 17.8 Å². The highest BCUT2D eigenvalue weighted by Crippen LogP contribution is 2.65. The van der Waals surface area contributed by atoms with Gasteiger partial charge in [-0.3, -0.25) is 14.5 Å². The number of likely N-dealkylation sites (tertiary alicyclic amines) is 1. The number of ether oxygens (including phenoxy) is 1. The lowest BCUT2D eigenvalue weighted by molar-refractivity contribution is -0.148. The maximum Gasteiger partial charge on any atom is 0.331 e. The monoisotopic (exact) mass is 379 g/mol. The predicted molar refractivity (Wildman–Crippen MR) is 102 cm³/mol.